The lowest BCUT2D eigenvalue weighted by Crippen LogP contribution is -2.47. The molecule has 9 rings (SSSR count). The molecular formula is C48H52ClF3N8O8S. The fraction of sp³-hybridized carbons (Fsp3) is 0.417. The number of H-pyrrole nitrogens is 1. The number of carbonyl (C=O) groups excluding carboxylic acids is 1. The number of hydrogen-bond acceptors (Lipinski definition) is 13. The van der Waals surface area contributed by atoms with Crippen molar-refractivity contribution in [1.29, 1.82) is 0 Å². The number of pyridine rings is 1. The number of allylic oxidation sites excluding steroid dienone is 1. The minimum atomic E-state index is -4.65. The van der Waals surface area contributed by atoms with E-state index in [0.717, 1.165) is 41.1 Å². The monoisotopic (exact) mass is 992 g/mol. The third-order valence-corrected chi connectivity index (χ3v) is 14.8. The van der Waals surface area contributed by atoms with Gasteiger partial charge in [-0.2, -0.15) is 18.2 Å². The van der Waals surface area contributed by atoms with E-state index in [9.17, 15) is 36.5 Å². The number of anilines is 4. The van der Waals surface area contributed by atoms with Gasteiger partial charge in [-0.1, -0.05) is 37.1 Å². The predicted octanol–water partition coefficient (Wildman–Crippen LogP) is 8.80. The highest BCUT2D eigenvalue weighted by molar-refractivity contribution is 7.90. The van der Waals surface area contributed by atoms with E-state index in [-0.39, 0.29) is 34.3 Å². The fourth-order valence-electron chi connectivity index (χ4n) is 9.42. The van der Waals surface area contributed by atoms with E-state index in [0.29, 0.717) is 107 Å². The number of rotatable bonds is 12. The number of nitrogens with zero attached hydrogens (tertiary/aromatic N) is 5. The lowest BCUT2D eigenvalue weighted by molar-refractivity contribution is -0.384. The molecule has 0 saturated carbocycles. The number of nitro groups is 1. The van der Waals surface area contributed by atoms with Gasteiger partial charge < -0.3 is 34.3 Å². The number of sulfonamides is 1. The van der Waals surface area contributed by atoms with E-state index in [4.69, 9.17) is 30.8 Å². The first-order valence-corrected chi connectivity index (χ1v) is 24.7. The molecule has 3 aromatic carbocycles. The molecule has 2 saturated heterocycles. The van der Waals surface area contributed by atoms with E-state index in [1.54, 1.807) is 24.4 Å². The molecule has 1 atom stereocenters. The van der Waals surface area contributed by atoms with Gasteiger partial charge in [-0.3, -0.25) is 19.8 Å². The molecule has 69 heavy (non-hydrogen) atoms. The van der Waals surface area contributed by atoms with Crippen LogP contribution in [0.15, 0.2) is 83.4 Å². The van der Waals surface area contributed by atoms with E-state index in [1.165, 1.54) is 24.3 Å². The molecule has 366 valence electrons. The van der Waals surface area contributed by atoms with Gasteiger partial charge in [-0.05, 0) is 96.8 Å². The third kappa shape index (κ3) is 10.6. The van der Waals surface area contributed by atoms with Crippen molar-refractivity contribution in [2.45, 2.75) is 56.7 Å². The van der Waals surface area contributed by atoms with Crippen LogP contribution in [0.4, 0.5) is 41.6 Å². The number of aromatic nitrogens is 2. The van der Waals surface area contributed by atoms with Gasteiger partial charge in [-0.15, -0.1) is 0 Å². The van der Waals surface area contributed by atoms with E-state index >= 15 is 0 Å². The van der Waals surface area contributed by atoms with Gasteiger partial charge in [0.1, 0.15) is 17.0 Å². The first-order valence-electron chi connectivity index (χ1n) is 22.8. The van der Waals surface area contributed by atoms with Crippen molar-refractivity contribution in [3.63, 3.8) is 0 Å². The summed E-state index contributed by atoms with van der Waals surface area (Å²) in [6.07, 6.45) is -0.340. The zero-order chi connectivity index (χ0) is 48.7. The highest BCUT2D eigenvalue weighted by Gasteiger charge is 2.36. The second kappa shape index (κ2) is 19.5. The first kappa shape index (κ1) is 48.1. The van der Waals surface area contributed by atoms with Crippen molar-refractivity contribution in [1.82, 2.24) is 19.6 Å². The van der Waals surface area contributed by atoms with Crippen molar-refractivity contribution < 1.29 is 45.5 Å². The van der Waals surface area contributed by atoms with Gasteiger partial charge in [0.25, 0.3) is 21.6 Å². The fourth-order valence-corrected chi connectivity index (χ4v) is 10.6. The van der Waals surface area contributed by atoms with E-state index in [1.807, 2.05) is 23.1 Å². The number of nitro benzene ring substituents is 1. The Labute approximate surface area is 401 Å². The van der Waals surface area contributed by atoms with Crippen molar-refractivity contribution in [3.8, 4) is 5.88 Å². The largest absolute Gasteiger partial charge is 0.476 e. The molecule has 16 nitrogen and oxygen atoms in total. The standard InChI is InChI=1S/C48H52ClF3N8O8S/c1-47(2)12-10-32(37(26-47)30-4-8-39(49)38(22-30)48(50,51)52)28-57-15-17-58(18-16-57)33-5-7-36(41(24-33)59-14-3-19-68-46-43(59)23-31-11-13-53-44(31)55-46)45(61)56-69(64,65)35-6-9-40(42(25-35)60(62)63)54-27-34-29-66-20-21-67-34/h4-9,11,13,22-25,34,54H,3,10,12,14-21,26-29H2,1-2H3,(H,53,55)(H,56,61). The molecule has 3 N–H and O–H groups in total. The van der Waals surface area contributed by atoms with Crippen LogP contribution in [0.1, 0.15) is 61.0 Å². The molecule has 1 amide bonds. The summed E-state index contributed by atoms with van der Waals surface area (Å²) in [6.45, 7) is 9.37. The average Bonchev–Trinajstić information content (AvgIpc) is 3.68. The summed E-state index contributed by atoms with van der Waals surface area (Å²) in [4.78, 5) is 39.6. The molecule has 1 unspecified atom stereocenters. The Hall–Kier alpha value is -5.93. The third-order valence-electron chi connectivity index (χ3n) is 13.1. The molecule has 0 bridgehead atoms. The molecule has 3 aliphatic heterocycles. The van der Waals surface area contributed by atoms with Gasteiger partial charge >= 0.3 is 6.18 Å². The van der Waals surface area contributed by atoms with Gasteiger partial charge in [0.05, 0.1) is 64.2 Å². The quantitative estimate of drug-likeness (QED) is 0.0797. The zero-order valence-corrected chi connectivity index (χ0v) is 39.6. The van der Waals surface area contributed by atoms with Crippen LogP contribution in [-0.2, 0) is 25.7 Å². The average molecular weight is 994 g/mol. The van der Waals surface area contributed by atoms with Crippen LogP contribution in [0.3, 0.4) is 0 Å². The molecule has 2 fully saturated rings. The highest BCUT2D eigenvalue weighted by Crippen LogP contribution is 2.46. The van der Waals surface area contributed by atoms with Crippen molar-refractivity contribution in [2.75, 3.05) is 87.4 Å². The van der Waals surface area contributed by atoms with Crippen molar-refractivity contribution in [3.05, 3.63) is 110 Å². The SMILES string of the molecule is CC1(C)CCC(CN2CCN(c3ccc(C(=O)NS(=O)(=O)c4ccc(NCC5COCCO5)c([N+](=O)[O-])c4)c(N4CCCOc5nc6[nH]ccc6cc54)c3)CC2)=C(c2ccc(Cl)c(C(F)(F)F)c2)C1. The Morgan fingerprint density at radius 1 is 1.00 bits per heavy atom. The van der Waals surface area contributed by atoms with Crippen LogP contribution >= 0.6 is 11.6 Å². The zero-order valence-electron chi connectivity index (χ0n) is 38.0. The van der Waals surface area contributed by atoms with Gasteiger partial charge in [0.15, 0.2) is 0 Å². The van der Waals surface area contributed by atoms with Crippen LogP contribution in [0.25, 0.3) is 16.6 Å². The molecule has 1 aliphatic carbocycles. The van der Waals surface area contributed by atoms with E-state index < -0.39 is 43.2 Å². The predicted molar refractivity (Wildman–Crippen MR) is 256 cm³/mol. The van der Waals surface area contributed by atoms with Gasteiger partial charge in [0.2, 0.25) is 5.88 Å². The topological polar surface area (TPSA) is 185 Å². The lowest BCUT2D eigenvalue weighted by Gasteiger charge is -2.39. The summed E-state index contributed by atoms with van der Waals surface area (Å²) in [5.74, 6) is -0.622. The van der Waals surface area contributed by atoms with Crippen LogP contribution in [0.5, 0.6) is 5.88 Å². The Morgan fingerprint density at radius 2 is 1.81 bits per heavy atom. The van der Waals surface area contributed by atoms with Crippen LogP contribution in [0.2, 0.25) is 5.02 Å². The molecular weight excluding hydrogens is 941 g/mol. The molecule has 2 aromatic heterocycles. The number of amides is 1. The summed E-state index contributed by atoms with van der Waals surface area (Å²) in [7, 11) is -4.65. The minimum absolute atomic E-state index is 0.0287. The van der Waals surface area contributed by atoms with Crippen molar-refractivity contribution in [2.24, 2.45) is 5.41 Å². The Kier molecular flexibility index (Phi) is 13.6. The van der Waals surface area contributed by atoms with Crippen LogP contribution in [0, 0.1) is 15.5 Å². The lowest BCUT2D eigenvalue weighted by atomic mass is 9.72. The Balaban J connectivity index is 0.987. The summed E-state index contributed by atoms with van der Waals surface area (Å²) in [6, 6.07) is 16.5. The number of ether oxygens (including phenoxy) is 3. The number of halogens is 4. The number of benzene rings is 3. The number of carbonyl (C=O) groups is 1. The maximum Gasteiger partial charge on any atom is 0.417 e. The maximum atomic E-state index is 14.4. The summed E-state index contributed by atoms with van der Waals surface area (Å²) in [5, 5.41) is 15.6. The second-order valence-electron chi connectivity index (χ2n) is 18.5. The summed E-state index contributed by atoms with van der Waals surface area (Å²) in [5.41, 5.74) is 3.59. The number of fused-ring (bicyclic) bond motifs is 2. The number of aromatic amines is 1. The van der Waals surface area contributed by atoms with E-state index in [2.05, 4.69) is 38.7 Å². The smallest absolute Gasteiger partial charge is 0.417 e. The van der Waals surface area contributed by atoms with Gasteiger partial charge in [0, 0.05) is 69.2 Å². The molecule has 5 heterocycles. The molecule has 5 aromatic rings. The molecule has 4 aliphatic rings. The number of hydrogen-bond donors (Lipinski definition) is 3. The normalized spacial score (nSPS) is 19.2. The second-order valence-corrected chi connectivity index (χ2v) is 20.6. The summed E-state index contributed by atoms with van der Waals surface area (Å²) < 4.78 is 89.0. The van der Waals surface area contributed by atoms with Crippen LogP contribution in [-0.4, -0.2) is 112 Å². The summed E-state index contributed by atoms with van der Waals surface area (Å²) >= 11 is 6.02. The minimum Gasteiger partial charge on any atom is -0.476 e. The highest BCUT2D eigenvalue weighted by atomic mass is 35.5. The number of alkyl halides is 3. The number of piperazine rings is 1. The first-order chi connectivity index (χ1) is 32.9. The Bertz CT molecular complexity index is 2920. The Morgan fingerprint density at radius 3 is 2.57 bits per heavy atom. The van der Waals surface area contributed by atoms with Crippen LogP contribution < -0.4 is 24.6 Å². The van der Waals surface area contributed by atoms with Gasteiger partial charge in [-0.25, -0.2) is 13.1 Å². The maximum absolute atomic E-state index is 14.4. The molecule has 0 spiro atoms. The molecule has 21 heteroatoms. The number of nitrogens with one attached hydrogen (secondary N) is 3. The molecule has 0 radical (unpaired) electrons. The van der Waals surface area contributed by atoms with Crippen molar-refractivity contribution >= 4 is 72.6 Å².